The van der Waals surface area contributed by atoms with Crippen molar-refractivity contribution in [3.8, 4) is 16.9 Å². The van der Waals surface area contributed by atoms with Crippen molar-refractivity contribution < 1.29 is 9.13 Å². The van der Waals surface area contributed by atoms with Gasteiger partial charge in [0.05, 0.1) is 36.5 Å². The van der Waals surface area contributed by atoms with E-state index in [9.17, 15) is 4.39 Å². The van der Waals surface area contributed by atoms with Crippen molar-refractivity contribution in [2.45, 2.75) is 20.1 Å². The van der Waals surface area contributed by atoms with E-state index >= 15 is 0 Å². The quantitative estimate of drug-likeness (QED) is 0.366. The Morgan fingerprint density at radius 3 is 2.61 bits per heavy atom. The molecule has 0 bridgehead atoms. The molecule has 7 nitrogen and oxygen atoms in total. The van der Waals surface area contributed by atoms with Crippen LogP contribution in [-0.2, 0) is 18.0 Å². The van der Waals surface area contributed by atoms with Crippen LogP contribution in [0.4, 0.5) is 4.39 Å². The zero-order valence-electron chi connectivity index (χ0n) is 16.4. The van der Waals surface area contributed by atoms with Gasteiger partial charge in [0.25, 0.3) is 0 Å². The van der Waals surface area contributed by atoms with Gasteiger partial charge in [-0.15, -0.1) is 5.10 Å². The molecule has 31 heavy (non-hydrogen) atoms. The van der Waals surface area contributed by atoms with Crippen LogP contribution in [-0.4, -0.2) is 29.6 Å². The van der Waals surface area contributed by atoms with Gasteiger partial charge in [-0.05, 0) is 43.3 Å². The zero-order chi connectivity index (χ0) is 21.4. The molecule has 10 heteroatoms. The predicted molar refractivity (Wildman–Crippen MR) is 116 cm³/mol. The second-order valence-electron chi connectivity index (χ2n) is 6.85. The van der Waals surface area contributed by atoms with Crippen LogP contribution in [0.3, 0.4) is 0 Å². The first-order valence-electron chi connectivity index (χ1n) is 9.43. The molecule has 0 aliphatic carbocycles. The number of hydrogen-bond acceptors (Lipinski definition) is 6. The molecule has 0 fully saturated rings. The number of nitrogens with zero attached hydrogens (tertiary/aromatic N) is 6. The number of rotatable bonds is 6. The Balaban J connectivity index is 1.35. The summed E-state index contributed by atoms with van der Waals surface area (Å²) in [6, 6.07) is 13.6. The Morgan fingerprint density at radius 1 is 1.06 bits per heavy atom. The van der Waals surface area contributed by atoms with Gasteiger partial charge in [-0.3, -0.25) is 0 Å². The van der Waals surface area contributed by atoms with Gasteiger partial charge < -0.3 is 4.74 Å². The van der Waals surface area contributed by atoms with E-state index in [1.807, 2.05) is 35.7 Å². The summed E-state index contributed by atoms with van der Waals surface area (Å²) in [6.07, 6.45) is 1.76. The van der Waals surface area contributed by atoms with Crippen molar-refractivity contribution in [3.63, 3.8) is 0 Å². The maximum Gasteiger partial charge on any atom is 0.213 e. The second-order valence-corrected chi connectivity index (χ2v) is 8.45. The molecular weight excluding hydrogens is 439 g/mol. The van der Waals surface area contributed by atoms with Crippen LogP contribution in [0.5, 0.6) is 0 Å². The molecular formula is C21H16ClFN6OS. The monoisotopic (exact) mass is 454 g/mol. The Morgan fingerprint density at radius 2 is 1.84 bits per heavy atom. The highest BCUT2D eigenvalue weighted by atomic mass is 35.5. The minimum Gasteiger partial charge on any atom is -0.369 e. The summed E-state index contributed by atoms with van der Waals surface area (Å²) in [7, 11) is 0. The molecule has 2 aromatic carbocycles. The smallest absolute Gasteiger partial charge is 0.213 e. The lowest BCUT2D eigenvalue weighted by Gasteiger charge is -2.05. The van der Waals surface area contributed by atoms with Gasteiger partial charge in [-0.1, -0.05) is 40.3 Å². The first-order chi connectivity index (χ1) is 15.1. The van der Waals surface area contributed by atoms with Crippen molar-refractivity contribution in [1.82, 2.24) is 29.6 Å². The van der Waals surface area contributed by atoms with Crippen LogP contribution in [0.25, 0.3) is 21.9 Å². The molecule has 0 aliphatic rings. The van der Waals surface area contributed by atoms with Gasteiger partial charge in [0.2, 0.25) is 4.96 Å². The average molecular weight is 455 g/mol. The largest absolute Gasteiger partial charge is 0.369 e. The first-order valence-corrected chi connectivity index (χ1v) is 10.6. The lowest BCUT2D eigenvalue weighted by molar-refractivity contribution is 0.101. The van der Waals surface area contributed by atoms with E-state index in [2.05, 4.69) is 15.4 Å². The van der Waals surface area contributed by atoms with Gasteiger partial charge in [-0.25, -0.2) is 18.6 Å². The molecule has 0 unspecified atom stereocenters. The van der Waals surface area contributed by atoms with Crippen LogP contribution in [0, 0.1) is 12.7 Å². The summed E-state index contributed by atoms with van der Waals surface area (Å²) in [5, 5.41) is 14.4. The normalized spacial score (nSPS) is 11.5. The highest BCUT2D eigenvalue weighted by Crippen LogP contribution is 2.28. The van der Waals surface area contributed by atoms with E-state index in [1.165, 1.54) is 23.5 Å². The number of ether oxygens (including phenoxy) is 1. The molecule has 5 rings (SSSR count). The Hall–Kier alpha value is -3.14. The number of fused-ring (bicyclic) bond motifs is 1. The molecule has 3 aromatic heterocycles. The Labute approximate surface area is 185 Å². The van der Waals surface area contributed by atoms with Gasteiger partial charge in [0.15, 0.2) is 0 Å². The van der Waals surface area contributed by atoms with Gasteiger partial charge >= 0.3 is 0 Å². The van der Waals surface area contributed by atoms with Gasteiger partial charge in [0, 0.05) is 10.6 Å². The first kappa shape index (κ1) is 19.8. The molecule has 0 aliphatic heterocycles. The molecule has 0 saturated heterocycles. The standard InChI is InChI=1S/C21H16ClFN6OS/c1-13-26-29-19(20(24-21(29)31-13)14-2-4-15(22)5-3-14)12-30-11-17-10-28(27-25-17)18-8-6-16(23)7-9-18/h2-10H,11-12H2,1H3. The molecule has 0 radical (unpaired) electrons. The molecule has 0 spiro atoms. The van der Waals surface area contributed by atoms with Crippen LogP contribution in [0.15, 0.2) is 54.7 Å². The Kier molecular flexibility index (Phi) is 5.23. The fraction of sp³-hybridized carbons (Fsp3) is 0.143. The van der Waals surface area contributed by atoms with Crippen LogP contribution in [0.2, 0.25) is 5.02 Å². The van der Waals surface area contributed by atoms with E-state index in [0.717, 1.165) is 32.6 Å². The average Bonchev–Trinajstić information content (AvgIpc) is 3.45. The SMILES string of the molecule is Cc1nn2c(COCc3cn(-c4ccc(F)cc4)nn3)c(-c3ccc(Cl)cc3)nc2s1. The molecule has 0 saturated carbocycles. The minimum atomic E-state index is -0.298. The summed E-state index contributed by atoms with van der Waals surface area (Å²) >= 11 is 7.55. The topological polar surface area (TPSA) is 70.1 Å². The summed E-state index contributed by atoms with van der Waals surface area (Å²) < 4.78 is 22.5. The third kappa shape index (κ3) is 4.07. The second kappa shape index (κ2) is 8.18. The third-order valence-corrected chi connectivity index (χ3v) is 5.71. The predicted octanol–water partition coefficient (Wildman–Crippen LogP) is 4.86. The van der Waals surface area contributed by atoms with Crippen LogP contribution >= 0.6 is 22.9 Å². The Bertz CT molecular complexity index is 1340. The number of benzene rings is 2. The van der Waals surface area contributed by atoms with Crippen molar-refractivity contribution in [2.75, 3.05) is 0 Å². The van der Waals surface area contributed by atoms with Crippen molar-refractivity contribution >= 4 is 27.9 Å². The maximum absolute atomic E-state index is 13.1. The highest BCUT2D eigenvalue weighted by molar-refractivity contribution is 7.16. The number of imidazole rings is 1. The van der Waals surface area contributed by atoms with Crippen molar-refractivity contribution in [1.29, 1.82) is 0 Å². The summed E-state index contributed by atoms with van der Waals surface area (Å²) in [5.74, 6) is -0.298. The van der Waals surface area contributed by atoms with E-state index in [0.29, 0.717) is 17.3 Å². The van der Waals surface area contributed by atoms with Crippen LogP contribution in [0.1, 0.15) is 16.4 Å². The fourth-order valence-electron chi connectivity index (χ4n) is 3.19. The summed E-state index contributed by atoms with van der Waals surface area (Å²) in [5.41, 5.74) is 3.99. The zero-order valence-corrected chi connectivity index (χ0v) is 17.9. The van der Waals surface area contributed by atoms with Crippen molar-refractivity contribution in [3.05, 3.63) is 82.0 Å². The lowest BCUT2D eigenvalue weighted by Crippen LogP contribution is -2.01. The van der Waals surface area contributed by atoms with E-state index in [1.54, 1.807) is 23.0 Å². The maximum atomic E-state index is 13.1. The molecule has 0 atom stereocenters. The van der Waals surface area contributed by atoms with Gasteiger partial charge in [-0.2, -0.15) is 5.10 Å². The van der Waals surface area contributed by atoms with E-state index in [4.69, 9.17) is 21.3 Å². The van der Waals surface area contributed by atoms with Crippen LogP contribution < -0.4 is 0 Å². The third-order valence-electron chi connectivity index (χ3n) is 4.64. The number of aryl methyl sites for hydroxylation is 1. The van der Waals surface area contributed by atoms with Crippen molar-refractivity contribution in [2.24, 2.45) is 0 Å². The molecule has 3 heterocycles. The van der Waals surface area contributed by atoms with E-state index < -0.39 is 0 Å². The summed E-state index contributed by atoms with van der Waals surface area (Å²) in [6.45, 7) is 2.50. The van der Waals surface area contributed by atoms with E-state index in [-0.39, 0.29) is 12.4 Å². The molecule has 156 valence electrons. The molecule has 0 N–H and O–H groups in total. The van der Waals surface area contributed by atoms with Gasteiger partial charge in [0.1, 0.15) is 16.5 Å². The number of halogens is 2. The summed E-state index contributed by atoms with van der Waals surface area (Å²) in [4.78, 5) is 5.55. The minimum absolute atomic E-state index is 0.262. The molecule has 0 amide bonds. The molecule has 5 aromatic rings. The number of aromatic nitrogens is 6. The highest BCUT2D eigenvalue weighted by Gasteiger charge is 2.17. The lowest BCUT2D eigenvalue weighted by atomic mass is 10.1. The number of hydrogen-bond donors (Lipinski definition) is 0. The fourth-order valence-corrected chi connectivity index (χ4v) is 4.08.